The van der Waals surface area contributed by atoms with E-state index in [0.29, 0.717) is 5.56 Å². The van der Waals surface area contributed by atoms with Crippen LogP contribution in [0.4, 0.5) is 22.0 Å². The van der Waals surface area contributed by atoms with E-state index in [1.165, 1.54) is 6.92 Å². The first-order chi connectivity index (χ1) is 9.98. The van der Waals surface area contributed by atoms with Gasteiger partial charge in [0.05, 0.1) is 12.0 Å². The lowest BCUT2D eigenvalue weighted by Crippen LogP contribution is -2.43. The van der Waals surface area contributed by atoms with E-state index in [9.17, 15) is 22.0 Å². The molecule has 2 unspecified atom stereocenters. The second-order valence-electron chi connectivity index (χ2n) is 5.71. The van der Waals surface area contributed by atoms with E-state index in [0.717, 1.165) is 19.1 Å². The van der Waals surface area contributed by atoms with Crippen LogP contribution in [0.2, 0.25) is 0 Å². The monoisotopic (exact) mass is 324 g/mol. The number of methoxy groups -OCH3 is 1. The maximum atomic E-state index is 13.5. The summed E-state index contributed by atoms with van der Waals surface area (Å²) in [5, 5.41) is 0. The Kier molecular flexibility index (Phi) is 5.60. The smallest absolute Gasteiger partial charge is 0.374 e. The fourth-order valence-corrected chi connectivity index (χ4v) is 2.43. The maximum absolute atomic E-state index is 13.5. The summed E-state index contributed by atoms with van der Waals surface area (Å²) >= 11 is 0. The predicted octanol–water partition coefficient (Wildman–Crippen LogP) is 5.65. The van der Waals surface area contributed by atoms with E-state index in [1.54, 1.807) is 24.3 Å². The highest BCUT2D eigenvalue weighted by atomic mass is 19.4. The van der Waals surface area contributed by atoms with Crippen molar-refractivity contribution >= 4 is 0 Å². The van der Waals surface area contributed by atoms with Gasteiger partial charge in [0.1, 0.15) is 0 Å². The fourth-order valence-electron chi connectivity index (χ4n) is 2.43. The molecule has 22 heavy (non-hydrogen) atoms. The fraction of sp³-hybridized carbons (Fsp3) is 0.625. The van der Waals surface area contributed by atoms with E-state index in [2.05, 4.69) is 0 Å². The molecule has 0 saturated heterocycles. The average molecular weight is 324 g/mol. The SMILES string of the molecule is CCC(C)c1ccccc1C(C)(CC(F)(F)C(F)(F)F)OC. The van der Waals surface area contributed by atoms with Crippen molar-refractivity contribution in [1.82, 2.24) is 0 Å². The van der Waals surface area contributed by atoms with Gasteiger partial charge in [0.25, 0.3) is 0 Å². The number of benzene rings is 1. The van der Waals surface area contributed by atoms with Crippen molar-refractivity contribution < 1.29 is 26.7 Å². The topological polar surface area (TPSA) is 9.23 Å². The van der Waals surface area contributed by atoms with Crippen LogP contribution in [-0.4, -0.2) is 19.2 Å². The van der Waals surface area contributed by atoms with Gasteiger partial charge in [-0.15, -0.1) is 0 Å². The molecule has 0 saturated carbocycles. The summed E-state index contributed by atoms with van der Waals surface area (Å²) in [5.41, 5.74) is -0.623. The zero-order chi connectivity index (χ0) is 17.2. The van der Waals surface area contributed by atoms with Gasteiger partial charge in [-0.1, -0.05) is 38.1 Å². The summed E-state index contributed by atoms with van der Waals surface area (Å²) < 4.78 is 69.7. The highest BCUT2D eigenvalue weighted by Crippen LogP contribution is 2.46. The molecule has 0 radical (unpaired) electrons. The highest BCUT2D eigenvalue weighted by molar-refractivity contribution is 5.35. The van der Waals surface area contributed by atoms with Crippen LogP contribution in [0.5, 0.6) is 0 Å². The third kappa shape index (κ3) is 3.77. The van der Waals surface area contributed by atoms with Gasteiger partial charge in [0.15, 0.2) is 0 Å². The van der Waals surface area contributed by atoms with Gasteiger partial charge in [-0.3, -0.25) is 0 Å². The Morgan fingerprint density at radius 1 is 1.09 bits per heavy atom. The van der Waals surface area contributed by atoms with Crippen molar-refractivity contribution in [2.75, 3.05) is 7.11 Å². The van der Waals surface area contributed by atoms with E-state index >= 15 is 0 Å². The lowest BCUT2D eigenvalue weighted by molar-refractivity contribution is -0.298. The molecule has 0 amide bonds. The van der Waals surface area contributed by atoms with E-state index in [-0.39, 0.29) is 5.92 Å². The Balaban J connectivity index is 3.31. The first-order valence-corrected chi connectivity index (χ1v) is 7.07. The van der Waals surface area contributed by atoms with Crippen molar-refractivity contribution in [3.8, 4) is 0 Å². The third-order valence-corrected chi connectivity index (χ3v) is 4.10. The molecule has 1 nitrogen and oxygen atoms in total. The molecular weight excluding hydrogens is 303 g/mol. The summed E-state index contributed by atoms with van der Waals surface area (Å²) in [6.07, 6.45) is -6.31. The molecule has 0 spiro atoms. The molecule has 1 aromatic rings. The molecule has 2 atom stereocenters. The van der Waals surface area contributed by atoms with Crippen molar-refractivity contribution in [3.05, 3.63) is 35.4 Å². The quantitative estimate of drug-likeness (QED) is 0.614. The van der Waals surface area contributed by atoms with Crippen LogP contribution in [0.3, 0.4) is 0 Å². The van der Waals surface area contributed by atoms with Gasteiger partial charge in [0.2, 0.25) is 0 Å². The van der Waals surface area contributed by atoms with Gasteiger partial charge in [-0.05, 0) is 30.4 Å². The van der Waals surface area contributed by atoms with Crippen molar-refractivity contribution in [3.63, 3.8) is 0 Å². The molecule has 0 bridgehead atoms. The van der Waals surface area contributed by atoms with Crippen LogP contribution >= 0.6 is 0 Å². The molecule has 0 aliphatic heterocycles. The number of halogens is 5. The molecule has 0 fully saturated rings. The first-order valence-electron chi connectivity index (χ1n) is 7.07. The van der Waals surface area contributed by atoms with Crippen LogP contribution in [0.15, 0.2) is 24.3 Å². The molecule has 1 aromatic carbocycles. The van der Waals surface area contributed by atoms with Crippen LogP contribution < -0.4 is 0 Å². The Bertz CT molecular complexity index is 498. The minimum atomic E-state index is -5.60. The number of alkyl halides is 5. The minimum absolute atomic E-state index is 0.0326. The Morgan fingerprint density at radius 3 is 2.09 bits per heavy atom. The lowest BCUT2D eigenvalue weighted by Gasteiger charge is -2.35. The van der Waals surface area contributed by atoms with E-state index < -0.39 is 24.1 Å². The molecule has 0 heterocycles. The van der Waals surface area contributed by atoms with Crippen LogP contribution in [-0.2, 0) is 10.3 Å². The summed E-state index contributed by atoms with van der Waals surface area (Å²) in [5.74, 6) is -4.79. The molecule has 6 heteroatoms. The molecule has 126 valence electrons. The van der Waals surface area contributed by atoms with Gasteiger partial charge in [-0.2, -0.15) is 22.0 Å². The van der Waals surface area contributed by atoms with Gasteiger partial charge < -0.3 is 4.74 Å². The highest BCUT2D eigenvalue weighted by Gasteiger charge is 2.60. The van der Waals surface area contributed by atoms with E-state index in [1.807, 2.05) is 13.8 Å². The second-order valence-corrected chi connectivity index (χ2v) is 5.71. The minimum Gasteiger partial charge on any atom is -0.374 e. The summed E-state index contributed by atoms with van der Waals surface area (Å²) in [6, 6.07) is 6.65. The zero-order valence-electron chi connectivity index (χ0n) is 13.1. The Hall–Kier alpha value is -1.17. The molecule has 0 aliphatic carbocycles. The van der Waals surface area contributed by atoms with Crippen molar-refractivity contribution in [2.45, 2.75) is 57.2 Å². The lowest BCUT2D eigenvalue weighted by atomic mass is 9.82. The van der Waals surface area contributed by atoms with E-state index in [4.69, 9.17) is 4.74 Å². The molecular formula is C16H21F5O. The van der Waals surface area contributed by atoms with Crippen LogP contribution in [0.1, 0.15) is 50.7 Å². The van der Waals surface area contributed by atoms with Crippen LogP contribution in [0, 0.1) is 0 Å². The number of hydrogen-bond acceptors (Lipinski definition) is 1. The third-order valence-electron chi connectivity index (χ3n) is 4.10. The molecule has 0 N–H and O–H groups in total. The maximum Gasteiger partial charge on any atom is 0.453 e. The van der Waals surface area contributed by atoms with Crippen LogP contribution in [0.25, 0.3) is 0 Å². The first kappa shape index (κ1) is 18.9. The van der Waals surface area contributed by atoms with Crippen molar-refractivity contribution in [1.29, 1.82) is 0 Å². The number of hydrogen-bond donors (Lipinski definition) is 0. The van der Waals surface area contributed by atoms with Gasteiger partial charge >= 0.3 is 12.1 Å². The normalized spacial score (nSPS) is 17.1. The Labute approximate surface area is 127 Å². The summed E-state index contributed by atoms with van der Waals surface area (Å²) in [7, 11) is 1.15. The largest absolute Gasteiger partial charge is 0.453 e. The second kappa shape index (κ2) is 6.52. The zero-order valence-corrected chi connectivity index (χ0v) is 13.1. The average Bonchev–Trinajstić information content (AvgIpc) is 2.44. The molecule has 0 aliphatic rings. The van der Waals surface area contributed by atoms with Gasteiger partial charge in [-0.25, -0.2) is 0 Å². The summed E-state index contributed by atoms with van der Waals surface area (Å²) in [6.45, 7) is 5.10. The molecule has 1 rings (SSSR count). The van der Waals surface area contributed by atoms with Gasteiger partial charge in [0, 0.05) is 7.11 Å². The Morgan fingerprint density at radius 2 is 1.64 bits per heavy atom. The van der Waals surface area contributed by atoms with Crippen molar-refractivity contribution in [2.24, 2.45) is 0 Å². The number of rotatable bonds is 6. The molecule has 0 aromatic heterocycles. The standard InChI is InChI=1S/C16H21F5O/c1-5-11(2)12-8-6-7-9-13(12)14(3,22-4)10-15(17,18)16(19,20)21/h6-9,11H,5,10H2,1-4H3. The predicted molar refractivity (Wildman–Crippen MR) is 75.1 cm³/mol. The summed E-state index contributed by atoms with van der Waals surface area (Å²) in [4.78, 5) is 0. The number of ether oxygens (including phenoxy) is 1.